The molecule has 2 heterocycles. The van der Waals surface area contributed by atoms with Crippen molar-refractivity contribution in [2.75, 3.05) is 13.2 Å². The van der Waals surface area contributed by atoms with Gasteiger partial charge in [-0.3, -0.25) is 0 Å². The van der Waals surface area contributed by atoms with Crippen molar-refractivity contribution in [3.63, 3.8) is 0 Å². The third kappa shape index (κ3) is 7.07. The minimum Gasteiger partial charge on any atom is -0.394 e. The van der Waals surface area contributed by atoms with Gasteiger partial charge in [-0.1, -0.05) is 39.3 Å². The lowest BCUT2D eigenvalue weighted by molar-refractivity contribution is -0.378. The largest absolute Gasteiger partial charge is 0.394 e. The van der Waals surface area contributed by atoms with E-state index in [-0.39, 0.29) is 34.5 Å². The SMILES string of the molecule is CC(C)=CCC[C@](C)(O)[C@@H]1CC[C@@]2(C)[C@@H]1[C@H](O)C[C@@H]1[C@]3(C=O)CC[C@H](O[C@@H]4O[C@H](CO)[C@H](O)[C@@H](O)[C@H]4O[C@@H]4O[C@H](CO)[C@@H](O)[C@@H](O)[C@H]4O)C(C)(C)[C@@H]3CC[C@]12C. The molecule has 0 spiro atoms. The number of aldehydes is 1. The van der Waals surface area contributed by atoms with Crippen LogP contribution in [0.4, 0.5) is 0 Å². The van der Waals surface area contributed by atoms with E-state index in [9.17, 15) is 50.8 Å². The Balaban J connectivity index is 1.25. The first-order valence-electron chi connectivity index (χ1n) is 20.9. The van der Waals surface area contributed by atoms with Crippen molar-refractivity contribution < 1.29 is 69.7 Å². The maximum Gasteiger partial charge on any atom is 0.187 e. The number of aliphatic hydroxyl groups excluding tert-OH is 8. The smallest absolute Gasteiger partial charge is 0.187 e. The molecule has 0 bridgehead atoms. The van der Waals surface area contributed by atoms with Crippen LogP contribution in [0, 0.1) is 45.3 Å². The van der Waals surface area contributed by atoms with Crippen molar-refractivity contribution in [1.82, 2.24) is 0 Å². The Bertz CT molecular complexity index is 1420. The van der Waals surface area contributed by atoms with Crippen molar-refractivity contribution in [1.29, 1.82) is 0 Å². The van der Waals surface area contributed by atoms with Crippen LogP contribution < -0.4 is 0 Å². The highest BCUT2D eigenvalue weighted by Crippen LogP contribution is 2.75. The molecule has 6 rings (SSSR count). The molecule has 6 fully saturated rings. The highest BCUT2D eigenvalue weighted by Gasteiger charge is 2.73. The molecule has 14 heteroatoms. The molecule has 0 unspecified atom stereocenters. The number of ether oxygens (including phenoxy) is 4. The number of carbonyl (C=O) groups excluding carboxylic acids is 1. The molecular formula is C42H70O14. The monoisotopic (exact) mass is 798 g/mol. The summed E-state index contributed by atoms with van der Waals surface area (Å²) in [6.45, 7) is 13.4. The molecule has 0 aromatic carbocycles. The minimum atomic E-state index is -1.79. The average molecular weight is 799 g/mol. The molecule has 0 radical (unpaired) electrons. The topological polar surface area (TPSA) is 236 Å². The van der Waals surface area contributed by atoms with Gasteiger partial charge in [0.2, 0.25) is 0 Å². The van der Waals surface area contributed by atoms with E-state index in [1.807, 2.05) is 20.8 Å². The van der Waals surface area contributed by atoms with Gasteiger partial charge in [0, 0.05) is 5.41 Å². The fraction of sp³-hybridized carbons (Fsp3) is 0.929. The summed E-state index contributed by atoms with van der Waals surface area (Å²) in [5.74, 6) is -0.468. The Hall–Kier alpha value is -1.11. The highest BCUT2D eigenvalue weighted by atomic mass is 16.8. The fourth-order valence-electron chi connectivity index (χ4n) is 13.1. The van der Waals surface area contributed by atoms with Gasteiger partial charge >= 0.3 is 0 Å². The summed E-state index contributed by atoms with van der Waals surface area (Å²) in [7, 11) is 0. The lowest BCUT2D eigenvalue weighted by atomic mass is 9.35. The van der Waals surface area contributed by atoms with Crippen LogP contribution in [0.1, 0.15) is 106 Å². The molecule has 2 saturated heterocycles. The maximum absolute atomic E-state index is 13.8. The van der Waals surface area contributed by atoms with Crippen LogP contribution in [0.5, 0.6) is 0 Å². The van der Waals surface area contributed by atoms with Crippen LogP contribution >= 0.6 is 0 Å². The van der Waals surface area contributed by atoms with E-state index in [1.165, 1.54) is 5.57 Å². The number of aliphatic hydroxyl groups is 9. The lowest BCUT2D eigenvalue weighted by Gasteiger charge is -2.70. The maximum atomic E-state index is 13.8. The minimum absolute atomic E-state index is 0.0680. The normalized spacial score (nSPS) is 51.2. The third-order valence-corrected chi connectivity index (χ3v) is 16.4. The predicted molar refractivity (Wildman–Crippen MR) is 201 cm³/mol. The number of hydrogen-bond donors (Lipinski definition) is 9. The van der Waals surface area contributed by atoms with Crippen molar-refractivity contribution in [3.8, 4) is 0 Å². The summed E-state index contributed by atoms with van der Waals surface area (Å²) in [5, 5.41) is 97.3. The van der Waals surface area contributed by atoms with Gasteiger partial charge in [0.15, 0.2) is 12.6 Å². The summed E-state index contributed by atoms with van der Waals surface area (Å²) < 4.78 is 24.2. The zero-order valence-electron chi connectivity index (χ0n) is 34.2. The van der Waals surface area contributed by atoms with E-state index in [1.54, 1.807) is 0 Å². The van der Waals surface area contributed by atoms with Crippen LogP contribution in [-0.4, -0.2) is 145 Å². The highest BCUT2D eigenvalue weighted by molar-refractivity contribution is 5.62. The Morgan fingerprint density at radius 2 is 1.38 bits per heavy atom. The zero-order chi connectivity index (χ0) is 41.3. The Labute approximate surface area is 331 Å². The molecule has 322 valence electrons. The van der Waals surface area contributed by atoms with Gasteiger partial charge in [-0.05, 0) is 118 Å². The van der Waals surface area contributed by atoms with Gasteiger partial charge in [0.25, 0.3) is 0 Å². The standard InChI is InChI=1S/C42H70O14/c1-21(2)9-8-13-41(7,52)22-10-14-40(6)29(22)23(46)17-27-39(40,5)15-11-26-38(3,4)28(12-16-42(26,27)20-45)55-37-35(33(50)31(48)25(19-44)54-37)56-36-34(51)32(49)30(47)24(18-43)53-36/h9,20,22-37,43-44,46-52H,8,10-19H2,1-7H3/t22-,23-,24-,25-,26+,27+,28+,29+,30-,31+,32-,33-,34-,35-,36+,37+,39-,40+,41+,42+/m1/s1. The number of carbonyl (C=O) groups is 1. The van der Waals surface area contributed by atoms with Gasteiger partial charge in [0.1, 0.15) is 55.1 Å². The van der Waals surface area contributed by atoms with Crippen LogP contribution in [-0.2, 0) is 23.7 Å². The molecule has 4 saturated carbocycles. The number of fused-ring (bicyclic) bond motifs is 5. The fourth-order valence-corrected chi connectivity index (χ4v) is 13.1. The van der Waals surface area contributed by atoms with Crippen molar-refractivity contribution in [2.24, 2.45) is 45.3 Å². The Morgan fingerprint density at radius 1 is 0.768 bits per heavy atom. The van der Waals surface area contributed by atoms with Crippen LogP contribution in [0.2, 0.25) is 0 Å². The first kappa shape index (κ1) is 44.4. The average Bonchev–Trinajstić information content (AvgIpc) is 3.53. The first-order chi connectivity index (χ1) is 26.1. The molecular weight excluding hydrogens is 728 g/mol. The quantitative estimate of drug-likeness (QED) is 0.0816. The predicted octanol–water partition coefficient (Wildman–Crippen LogP) is 1.33. The second kappa shape index (κ2) is 16.1. The third-order valence-electron chi connectivity index (χ3n) is 16.4. The second-order valence-corrected chi connectivity index (χ2v) is 19.8. The van der Waals surface area contributed by atoms with Crippen LogP contribution in [0.25, 0.3) is 0 Å². The molecule has 56 heavy (non-hydrogen) atoms. The molecule has 0 aromatic rings. The summed E-state index contributed by atoms with van der Waals surface area (Å²) >= 11 is 0. The molecule has 9 N–H and O–H groups in total. The van der Waals surface area contributed by atoms with Gasteiger partial charge in [-0.2, -0.15) is 0 Å². The molecule has 20 atom stereocenters. The Kier molecular flexibility index (Phi) is 12.7. The van der Waals surface area contributed by atoms with E-state index in [0.29, 0.717) is 25.7 Å². The van der Waals surface area contributed by atoms with Gasteiger partial charge in [-0.25, -0.2) is 0 Å². The summed E-state index contributed by atoms with van der Waals surface area (Å²) in [4.78, 5) is 13.8. The molecule has 4 aliphatic carbocycles. The van der Waals surface area contributed by atoms with E-state index in [4.69, 9.17) is 18.9 Å². The molecule has 0 aromatic heterocycles. The van der Waals surface area contributed by atoms with Crippen LogP contribution in [0.3, 0.4) is 0 Å². The Morgan fingerprint density at radius 3 is 1.98 bits per heavy atom. The van der Waals surface area contributed by atoms with E-state index in [0.717, 1.165) is 38.4 Å². The van der Waals surface area contributed by atoms with Crippen molar-refractivity contribution >= 4 is 6.29 Å². The van der Waals surface area contributed by atoms with Crippen LogP contribution in [0.15, 0.2) is 11.6 Å². The second-order valence-electron chi connectivity index (χ2n) is 19.8. The summed E-state index contributed by atoms with van der Waals surface area (Å²) in [6, 6.07) is 0. The summed E-state index contributed by atoms with van der Waals surface area (Å²) in [5.41, 5.74) is -1.77. The molecule has 6 aliphatic rings. The number of allylic oxidation sites excluding steroid dienone is 2. The van der Waals surface area contributed by atoms with E-state index in [2.05, 4.69) is 33.8 Å². The number of hydrogen-bond acceptors (Lipinski definition) is 14. The number of rotatable bonds is 11. The molecule has 0 amide bonds. The lowest BCUT2D eigenvalue weighted by Crippen LogP contribution is -2.68. The first-order valence-corrected chi connectivity index (χ1v) is 20.9. The van der Waals surface area contributed by atoms with Crippen molar-refractivity contribution in [2.45, 2.75) is 185 Å². The zero-order valence-corrected chi connectivity index (χ0v) is 34.2. The van der Waals surface area contributed by atoms with Gasteiger partial charge in [-0.15, -0.1) is 0 Å². The van der Waals surface area contributed by atoms with Gasteiger partial charge < -0.3 is 69.7 Å². The molecule has 2 aliphatic heterocycles. The summed E-state index contributed by atoms with van der Waals surface area (Å²) in [6.07, 6.45) is -7.65. The van der Waals surface area contributed by atoms with Gasteiger partial charge in [0.05, 0.1) is 31.0 Å². The molecule has 14 nitrogen and oxygen atoms in total. The van der Waals surface area contributed by atoms with E-state index < -0.39 is 103 Å². The van der Waals surface area contributed by atoms with Crippen molar-refractivity contribution in [3.05, 3.63) is 11.6 Å². The van der Waals surface area contributed by atoms with E-state index >= 15 is 0 Å².